The molecule has 1 aromatic carbocycles. The van der Waals surface area contributed by atoms with Gasteiger partial charge >= 0.3 is 0 Å². The number of likely N-dealkylation sites (N-methyl/N-ethyl adjacent to an activating group) is 1. The van der Waals surface area contributed by atoms with Crippen LogP contribution in [0.3, 0.4) is 0 Å². The molecule has 0 spiro atoms. The zero-order valence-corrected chi connectivity index (χ0v) is 8.51. The van der Waals surface area contributed by atoms with Crippen molar-refractivity contribution in [3.63, 3.8) is 0 Å². The van der Waals surface area contributed by atoms with Gasteiger partial charge in [0.15, 0.2) is 0 Å². The largest absolute Gasteiger partial charge is 0.358 e. The van der Waals surface area contributed by atoms with Crippen LogP contribution >= 0.6 is 0 Å². The molecule has 0 aromatic heterocycles. The molecule has 0 aliphatic heterocycles. The molecule has 0 bridgehead atoms. The first-order valence-corrected chi connectivity index (χ1v) is 4.48. The number of halogens is 2. The third kappa shape index (κ3) is 3.30. The van der Waals surface area contributed by atoms with E-state index in [0.29, 0.717) is 6.07 Å². The van der Waals surface area contributed by atoms with Crippen LogP contribution in [0.25, 0.3) is 0 Å². The van der Waals surface area contributed by atoms with Crippen molar-refractivity contribution in [2.75, 3.05) is 13.6 Å². The number of nitrogens with one attached hydrogen (secondary N) is 2. The fourth-order valence-electron chi connectivity index (χ4n) is 1.04. The van der Waals surface area contributed by atoms with Gasteiger partial charge in [0, 0.05) is 18.7 Å². The Balaban J connectivity index is 2.69. The van der Waals surface area contributed by atoms with Gasteiger partial charge in [-0.25, -0.2) is 8.78 Å². The van der Waals surface area contributed by atoms with Crippen LogP contribution in [-0.2, 0) is 4.79 Å². The van der Waals surface area contributed by atoms with Gasteiger partial charge in [-0.2, -0.15) is 0 Å². The fraction of sp³-hybridized carbons (Fsp3) is 0.200. The van der Waals surface area contributed by atoms with Gasteiger partial charge in [-0.1, -0.05) is 0 Å². The second-order valence-corrected chi connectivity index (χ2v) is 3.01. The molecule has 6 heteroatoms. The zero-order valence-electron chi connectivity index (χ0n) is 8.51. The molecule has 4 nitrogen and oxygen atoms in total. The summed E-state index contributed by atoms with van der Waals surface area (Å²) in [7, 11) is 1.41. The Morgan fingerprint density at radius 1 is 1.19 bits per heavy atom. The first kappa shape index (κ1) is 12.1. The Kier molecular flexibility index (Phi) is 3.93. The summed E-state index contributed by atoms with van der Waals surface area (Å²) in [6, 6.07) is 2.44. The molecule has 16 heavy (non-hydrogen) atoms. The standard InChI is InChI=1S/C10H10F2N2O2/c1-13-9(15)5-14-10(16)6-2-7(11)4-8(12)3-6/h2-4H,5H2,1H3,(H,13,15)(H,14,16). The SMILES string of the molecule is CNC(=O)CNC(=O)c1cc(F)cc(F)c1. The van der Waals surface area contributed by atoms with Crippen LogP contribution < -0.4 is 10.6 Å². The number of hydrogen-bond donors (Lipinski definition) is 2. The highest BCUT2D eigenvalue weighted by Gasteiger charge is 2.09. The van der Waals surface area contributed by atoms with Crippen molar-refractivity contribution in [1.29, 1.82) is 0 Å². The maximum absolute atomic E-state index is 12.8. The summed E-state index contributed by atoms with van der Waals surface area (Å²) in [6.07, 6.45) is 0. The molecule has 86 valence electrons. The summed E-state index contributed by atoms with van der Waals surface area (Å²) in [4.78, 5) is 22.2. The molecule has 0 aliphatic rings. The first-order valence-electron chi connectivity index (χ1n) is 4.48. The molecule has 0 atom stereocenters. The Hall–Kier alpha value is -1.98. The molecule has 0 saturated heterocycles. The highest BCUT2D eigenvalue weighted by molar-refractivity contribution is 5.96. The summed E-state index contributed by atoms with van der Waals surface area (Å²) in [5.74, 6) is -2.79. The number of benzene rings is 1. The van der Waals surface area contributed by atoms with E-state index in [2.05, 4.69) is 10.6 Å². The van der Waals surface area contributed by atoms with Crippen LogP contribution in [0.1, 0.15) is 10.4 Å². The molecule has 0 saturated carbocycles. The first-order chi connectivity index (χ1) is 7.52. The van der Waals surface area contributed by atoms with Gasteiger partial charge in [-0.15, -0.1) is 0 Å². The minimum atomic E-state index is -0.843. The summed E-state index contributed by atoms with van der Waals surface area (Å²) in [5, 5.41) is 4.51. The minimum absolute atomic E-state index is 0.165. The topological polar surface area (TPSA) is 58.2 Å². The van der Waals surface area contributed by atoms with Gasteiger partial charge in [0.05, 0.1) is 6.54 Å². The van der Waals surface area contributed by atoms with Gasteiger partial charge < -0.3 is 10.6 Å². The lowest BCUT2D eigenvalue weighted by Gasteiger charge is -2.04. The van der Waals surface area contributed by atoms with E-state index in [1.165, 1.54) is 7.05 Å². The lowest BCUT2D eigenvalue weighted by atomic mass is 10.2. The average molecular weight is 228 g/mol. The molecule has 1 rings (SSSR count). The van der Waals surface area contributed by atoms with Crippen molar-refractivity contribution in [2.24, 2.45) is 0 Å². The summed E-state index contributed by atoms with van der Waals surface area (Å²) in [6.45, 7) is -0.243. The maximum Gasteiger partial charge on any atom is 0.251 e. The normalized spacial score (nSPS) is 9.69. The second kappa shape index (κ2) is 5.20. The molecule has 1 aromatic rings. The molecule has 0 fully saturated rings. The van der Waals surface area contributed by atoms with Crippen LogP contribution in [0.2, 0.25) is 0 Å². The third-order valence-electron chi connectivity index (χ3n) is 1.81. The summed E-state index contributed by atoms with van der Waals surface area (Å²) in [5.41, 5.74) is -0.165. The molecule has 0 aliphatic carbocycles. The van der Waals surface area contributed by atoms with Crippen LogP contribution in [0.4, 0.5) is 8.78 Å². The molecule has 0 radical (unpaired) electrons. The number of carbonyl (C=O) groups excluding carboxylic acids is 2. The third-order valence-corrected chi connectivity index (χ3v) is 1.81. The van der Waals surface area contributed by atoms with E-state index in [1.54, 1.807) is 0 Å². The van der Waals surface area contributed by atoms with E-state index in [4.69, 9.17) is 0 Å². The number of carbonyl (C=O) groups is 2. The van der Waals surface area contributed by atoms with Crippen molar-refractivity contribution in [3.05, 3.63) is 35.4 Å². The summed E-state index contributed by atoms with van der Waals surface area (Å²) >= 11 is 0. The highest BCUT2D eigenvalue weighted by atomic mass is 19.1. The fourth-order valence-corrected chi connectivity index (χ4v) is 1.04. The quantitative estimate of drug-likeness (QED) is 0.788. The van der Waals surface area contributed by atoms with E-state index in [-0.39, 0.29) is 12.1 Å². The Morgan fingerprint density at radius 3 is 2.25 bits per heavy atom. The highest BCUT2D eigenvalue weighted by Crippen LogP contribution is 2.07. The molecule has 2 amide bonds. The van der Waals surface area contributed by atoms with Crippen LogP contribution in [0.15, 0.2) is 18.2 Å². The van der Waals surface area contributed by atoms with E-state index >= 15 is 0 Å². The van der Waals surface area contributed by atoms with Gasteiger partial charge in [-0.3, -0.25) is 9.59 Å². The average Bonchev–Trinajstić information content (AvgIpc) is 2.23. The van der Waals surface area contributed by atoms with E-state index in [0.717, 1.165) is 12.1 Å². The predicted molar refractivity (Wildman–Crippen MR) is 52.8 cm³/mol. The van der Waals surface area contributed by atoms with Crippen molar-refractivity contribution in [3.8, 4) is 0 Å². The lowest BCUT2D eigenvalue weighted by molar-refractivity contribution is -0.119. The smallest absolute Gasteiger partial charge is 0.251 e. The minimum Gasteiger partial charge on any atom is -0.358 e. The van der Waals surface area contributed by atoms with Gasteiger partial charge in [-0.05, 0) is 12.1 Å². The van der Waals surface area contributed by atoms with Gasteiger partial charge in [0.1, 0.15) is 11.6 Å². The summed E-state index contributed by atoms with van der Waals surface area (Å²) < 4.78 is 25.5. The number of hydrogen-bond acceptors (Lipinski definition) is 2. The molecule has 2 N–H and O–H groups in total. The van der Waals surface area contributed by atoms with Crippen LogP contribution in [0.5, 0.6) is 0 Å². The molecule has 0 heterocycles. The zero-order chi connectivity index (χ0) is 12.1. The van der Waals surface area contributed by atoms with Gasteiger partial charge in [0.25, 0.3) is 5.91 Å². The van der Waals surface area contributed by atoms with Crippen molar-refractivity contribution in [2.45, 2.75) is 0 Å². The second-order valence-electron chi connectivity index (χ2n) is 3.01. The maximum atomic E-state index is 12.8. The van der Waals surface area contributed by atoms with Gasteiger partial charge in [0.2, 0.25) is 5.91 Å². The van der Waals surface area contributed by atoms with E-state index in [1.807, 2.05) is 0 Å². The van der Waals surface area contributed by atoms with E-state index < -0.39 is 23.4 Å². The number of rotatable bonds is 3. The van der Waals surface area contributed by atoms with Crippen LogP contribution in [-0.4, -0.2) is 25.4 Å². The number of amides is 2. The molecular formula is C10H10F2N2O2. The van der Waals surface area contributed by atoms with Crippen molar-refractivity contribution in [1.82, 2.24) is 10.6 Å². The Labute approximate surface area is 90.6 Å². The van der Waals surface area contributed by atoms with Crippen LogP contribution in [0, 0.1) is 11.6 Å². The lowest BCUT2D eigenvalue weighted by Crippen LogP contribution is -2.35. The Bertz CT molecular complexity index is 401. The molecule has 0 unspecified atom stereocenters. The molecular weight excluding hydrogens is 218 g/mol. The monoisotopic (exact) mass is 228 g/mol. The predicted octanol–water partition coefficient (Wildman–Crippen LogP) is 0.441. The van der Waals surface area contributed by atoms with E-state index in [9.17, 15) is 18.4 Å². The Morgan fingerprint density at radius 2 is 1.75 bits per heavy atom. The van der Waals surface area contributed by atoms with Crippen molar-refractivity contribution >= 4 is 11.8 Å². The van der Waals surface area contributed by atoms with Crippen molar-refractivity contribution < 1.29 is 18.4 Å².